The molecule has 6 heavy (non-hydrogen) atoms. The quantitative estimate of drug-likeness (QED) is 0.266. The Morgan fingerprint density at radius 3 is 2.50 bits per heavy atom. The predicted molar refractivity (Wildman–Crippen MR) is 24.9 cm³/mol. The van der Waals surface area contributed by atoms with E-state index in [4.69, 9.17) is 6.58 Å². The second kappa shape index (κ2) is 5.40. The Morgan fingerprint density at radius 1 is 1.67 bits per heavy atom. The molecule has 33 valence electrons. The van der Waals surface area contributed by atoms with E-state index >= 15 is 0 Å². The molecule has 0 aliphatic rings. The minimum absolute atomic E-state index is 1.18. The van der Waals surface area contributed by atoms with Crippen molar-refractivity contribution in [3.63, 3.8) is 0 Å². The molecular weight excluding hydrogens is 180 g/mol. The Bertz CT molecular complexity index is 65.6. The van der Waals surface area contributed by atoms with Gasteiger partial charge in [-0.15, -0.1) is 0 Å². The van der Waals surface area contributed by atoms with E-state index in [1.165, 1.54) is 12.5 Å². The summed E-state index contributed by atoms with van der Waals surface area (Å²) in [6.07, 6.45) is 3.32. The fraction of sp³-hybridized carbons (Fsp3) is 0. The minimum atomic E-state index is 1.18. The first kappa shape index (κ1) is 6.40. The molecule has 0 fully saturated rings. The molecule has 0 heterocycles. The van der Waals surface area contributed by atoms with Gasteiger partial charge in [0.05, 0.1) is 0 Å². The van der Waals surface area contributed by atoms with Gasteiger partial charge in [0.25, 0.3) is 0 Å². The molecule has 0 bridgehead atoms. The normalized spacial score (nSPS) is 10.0. The standard InChI is InChI=1S/C4H4P.Ru/c1-2-3-4-5;/h1-4H;/q-1;+1/b4-3-;. The third kappa shape index (κ3) is 4.40. The molecule has 0 saturated carbocycles. The fourth-order valence-electron chi connectivity index (χ4n) is 0.0801. The van der Waals surface area contributed by atoms with Crippen molar-refractivity contribution in [1.82, 2.24) is 0 Å². The van der Waals surface area contributed by atoms with Crippen molar-refractivity contribution in [3.05, 3.63) is 24.5 Å². The zero-order valence-electron chi connectivity index (χ0n) is 3.11. The molecule has 0 spiro atoms. The summed E-state index contributed by atoms with van der Waals surface area (Å²) in [5.74, 6) is 1.94. The van der Waals surface area contributed by atoms with Crippen LogP contribution in [0.25, 0.3) is 0 Å². The van der Waals surface area contributed by atoms with Crippen molar-refractivity contribution in [1.29, 1.82) is 0 Å². The molecule has 0 aliphatic heterocycles. The Labute approximate surface area is 48.7 Å². The summed E-state index contributed by atoms with van der Waals surface area (Å²) in [4.78, 5) is 0. The summed E-state index contributed by atoms with van der Waals surface area (Å²) in [6.45, 7) is 6.17. The van der Waals surface area contributed by atoms with Crippen molar-refractivity contribution in [2.75, 3.05) is 0 Å². The molecule has 0 aromatic carbocycles. The molecule has 0 aliphatic carbocycles. The summed E-state index contributed by atoms with van der Waals surface area (Å²) in [5.41, 5.74) is 0. The van der Waals surface area contributed by atoms with Crippen LogP contribution < -0.4 is 0 Å². The maximum atomic E-state index is 4.99. The summed E-state index contributed by atoms with van der Waals surface area (Å²) < 4.78 is 0. The Kier molecular flexibility index (Phi) is 5.77. The molecule has 2 heteroatoms. The predicted octanol–water partition coefficient (Wildman–Crippen LogP) is 1.90. The van der Waals surface area contributed by atoms with Crippen LogP contribution in [-0.4, -0.2) is 0 Å². The van der Waals surface area contributed by atoms with Gasteiger partial charge in [0.2, 0.25) is 0 Å². The molecule has 0 unspecified atom stereocenters. The van der Waals surface area contributed by atoms with Gasteiger partial charge in [-0.05, 0) is 0 Å². The maximum absolute atomic E-state index is 4.99. The van der Waals surface area contributed by atoms with Crippen LogP contribution in [0.4, 0.5) is 0 Å². The van der Waals surface area contributed by atoms with Crippen LogP contribution in [0, 0.1) is 6.58 Å². The topological polar surface area (TPSA) is 0 Å². The van der Waals surface area contributed by atoms with E-state index in [1.807, 2.05) is 5.82 Å². The van der Waals surface area contributed by atoms with Crippen LogP contribution in [0.5, 0.6) is 0 Å². The number of rotatable bonds is 2. The summed E-state index contributed by atoms with van der Waals surface area (Å²) in [5, 5.41) is 0. The molecule has 0 N–H and O–H groups in total. The molecule has 0 atom stereocenters. The first-order valence-electron chi connectivity index (χ1n) is 1.42. The molecule has 0 aromatic rings. The van der Waals surface area contributed by atoms with Gasteiger partial charge in [-0.2, -0.15) is 0 Å². The average molecular weight is 184 g/mol. The number of hydrogen-bond acceptors (Lipinski definition) is 0. The fourth-order valence-corrected chi connectivity index (χ4v) is 0.689. The van der Waals surface area contributed by atoms with E-state index in [0.29, 0.717) is 0 Å². The van der Waals surface area contributed by atoms with Crippen LogP contribution in [0.1, 0.15) is 0 Å². The second-order valence-electron chi connectivity index (χ2n) is 0.625. The van der Waals surface area contributed by atoms with Crippen molar-refractivity contribution in [3.8, 4) is 0 Å². The van der Waals surface area contributed by atoms with E-state index in [-0.39, 0.29) is 0 Å². The summed E-state index contributed by atoms with van der Waals surface area (Å²) >= 11 is 2.46. The second-order valence-corrected chi connectivity index (χ2v) is 2.45. The van der Waals surface area contributed by atoms with Crippen LogP contribution in [0.15, 0.2) is 18.0 Å². The van der Waals surface area contributed by atoms with E-state index < -0.39 is 0 Å². The van der Waals surface area contributed by atoms with Crippen molar-refractivity contribution in [2.24, 2.45) is 0 Å². The van der Waals surface area contributed by atoms with Crippen LogP contribution in [0.2, 0.25) is 0 Å². The van der Waals surface area contributed by atoms with Crippen LogP contribution in [-0.2, 0) is 17.3 Å². The van der Waals surface area contributed by atoms with Crippen LogP contribution >= 0.6 is 6.46 Å². The summed E-state index contributed by atoms with van der Waals surface area (Å²) in [6, 6.07) is 0. The van der Waals surface area contributed by atoms with Gasteiger partial charge in [-0.3, -0.25) is 0 Å². The van der Waals surface area contributed by atoms with Crippen molar-refractivity contribution in [2.45, 2.75) is 0 Å². The van der Waals surface area contributed by atoms with E-state index in [2.05, 4.69) is 17.3 Å². The average Bonchev–Trinajstić information content (AvgIpc) is 1.61. The van der Waals surface area contributed by atoms with E-state index in [9.17, 15) is 0 Å². The van der Waals surface area contributed by atoms with E-state index in [0.717, 1.165) is 0 Å². The molecule has 0 nitrogen and oxygen atoms in total. The third-order valence-corrected chi connectivity index (χ3v) is 1.30. The zero-order valence-corrected chi connectivity index (χ0v) is 5.74. The monoisotopic (exact) mass is 185 g/mol. The molecule has 0 amide bonds. The van der Waals surface area contributed by atoms with Gasteiger partial charge in [0.15, 0.2) is 0 Å². The zero-order chi connectivity index (χ0) is 4.83. The van der Waals surface area contributed by atoms with Crippen molar-refractivity contribution < 1.29 is 17.3 Å². The first-order chi connectivity index (χ1) is 2.91. The molecule has 0 aromatic heterocycles. The molecule has 0 rings (SSSR count). The third-order valence-electron chi connectivity index (χ3n) is 0.250. The van der Waals surface area contributed by atoms with Gasteiger partial charge in [0.1, 0.15) is 0 Å². The Hall–Kier alpha value is 0.403. The first-order valence-corrected chi connectivity index (χ1v) is 4.58. The molecule has 0 saturated heterocycles. The van der Waals surface area contributed by atoms with E-state index in [1.54, 1.807) is 6.08 Å². The van der Waals surface area contributed by atoms with Gasteiger partial charge in [0, 0.05) is 0 Å². The van der Waals surface area contributed by atoms with Crippen molar-refractivity contribution >= 4 is 6.46 Å². The molecular formula is C4H4PRu. The summed E-state index contributed by atoms with van der Waals surface area (Å²) in [7, 11) is 0. The number of allylic oxidation sites excluding steroid dienone is 2. The van der Waals surface area contributed by atoms with Gasteiger partial charge < -0.3 is 0 Å². The molecule has 0 radical (unpaired) electrons. The van der Waals surface area contributed by atoms with Crippen LogP contribution in [0.3, 0.4) is 0 Å². The van der Waals surface area contributed by atoms with Gasteiger partial charge >= 0.3 is 48.3 Å². The SMILES string of the molecule is [CH-]=C/C=C\[P]=[Ru+]. The van der Waals surface area contributed by atoms with Gasteiger partial charge in [-0.1, -0.05) is 0 Å². The van der Waals surface area contributed by atoms with Gasteiger partial charge in [-0.25, -0.2) is 0 Å². The number of hydrogen-bond donors (Lipinski definition) is 0. The Morgan fingerprint density at radius 2 is 2.33 bits per heavy atom. The Balaban J connectivity index is 3.17.